The Labute approximate surface area is 113 Å². The highest BCUT2D eigenvalue weighted by Gasteiger charge is 2.37. The van der Waals surface area contributed by atoms with E-state index in [1.165, 1.54) is 0 Å². The summed E-state index contributed by atoms with van der Waals surface area (Å²) in [5.74, 6) is -0.0838. The molecule has 0 atom stereocenters. The number of nitrogens with one attached hydrogen (secondary N) is 2. The van der Waals surface area contributed by atoms with Crippen LogP contribution in [0, 0.1) is 5.41 Å². The molecule has 0 saturated carbocycles. The molecule has 0 aromatic carbocycles. The molecule has 1 rings (SSSR count). The maximum Gasteiger partial charge on any atom is 0.233 e. The third kappa shape index (κ3) is 3.07. The molecule has 6 heteroatoms. The lowest BCUT2D eigenvalue weighted by molar-refractivity contribution is -0.127. The van der Waals surface area contributed by atoms with Crippen molar-refractivity contribution >= 4 is 23.1 Å². The van der Waals surface area contributed by atoms with Crippen LogP contribution in [-0.2, 0) is 11.2 Å². The van der Waals surface area contributed by atoms with Crippen LogP contribution in [0.15, 0.2) is 12.5 Å². The van der Waals surface area contributed by atoms with Gasteiger partial charge in [0.1, 0.15) is 0 Å². The van der Waals surface area contributed by atoms with E-state index >= 15 is 0 Å². The molecule has 100 valence electrons. The van der Waals surface area contributed by atoms with Crippen LogP contribution in [0.4, 0.5) is 0 Å². The van der Waals surface area contributed by atoms with E-state index in [4.69, 9.17) is 18.0 Å². The molecule has 0 saturated heterocycles. The molecule has 5 nitrogen and oxygen atoms in total. The number of hydrogen-bond acceptors (Lipinski definition) is 3. The van der Waals surface area contributed by atoms with Crippen molar-refractivity contribution in [2.24, 2.45) is 11.1 Å². The molecule has 0 aliphatic rings. The van der Waals surface area contributed by atoms with Gasteiger partial charge in [0.2, 0.25) is 5.91 Å². The van der Waals surface area contributed by atoms with Crippen molar-refractivity contribution in [3.05, 3.63) is 18.2 Å². The predicted molar refractivity (Wildman–Crippen MR) is 75.1 cm³/mol. The number of carbonyl (C=O) groups excluding carboxylic acids is 1. The van der Waals surface area contributed by atoms with E-state index < -0.39 is 5.41 Å². The first-order chi connectivity index (χ1) is 8.56. The Balaban J connectivity index is 2.55. The highest BCUT2D eigenvalue weighted by molar-refractivity contribution is 7.80. The van der Waals surface area contributed by atoms with Crippen LogP contribution >= 0.6 is 12.2 Å². The van der Waals surface area contributed by atoms with Crippen LogP contribution in [0.25, 0.3) is 0 Å². The van der Waals surface area contributed by atoms with Crippen LogP contribution < -0.4 is 11.1 Å². The molecular formula is C12H20N4OS. The fraction of sp³-hybridized carbons (Fsp3) is 0.583. The summed E-state index contributed by atoms with van der Waals surface area (Å²) >= 11 is 5.03. The zero-order valence-corrected chi connectivity index (χ0v) is 11.6. The lowest BCUT2D eigenvalue weighted by Gasteiger charge is -2.28. The van der Waals surface area contributed by atoms with Crippen molar-refractivity contribution < 1.29 is 4.79 Å². The van der Waals surface area contributed by atoms with Gasteiger partial charge in [-0.1, -0.05) is 26.1 Å². The number of imidazole rings is 1. The number of nitrogens with zero attached hydrogens (tertiary/aromatic N) is 1. The first kappa shape index (κ1) is 14.6. The van der Waals surface area contributed by atoms with Gasteiger partial charge in [0.25, 0.3) is 0 Å². The number of carbonyl (C=O) groups is 1. The molecule has 0 fully saturated rings. The van der Waals surface area contributed by atoms with Crippen molar-refractivity contribution in [2.45, 2.75) is 33.1 Å². The summed E-state index contributed by atoms with van der Waals surface area (Å²) in [5, 5.41) is 2.89. The molecular weight excluding hydrogens is 248 g/mol. The van der Waals surface area contributed by atoms with E-state index in [9.17, 15) is 4.79 Å². The lowest BCUT2D eigenvalue weighted by Crippen LogP contribution is -2.48. The number of H-pyrrole nitrogens is 1. The van der Waals surface area contributed by atoms with E-state index in [0.29, 0.717) is 25.8 Å². The van der Waals surface area contributed by atoms with E-state index in [1.54, 1.807) is 12.5 Å². The second-order valence-corrected chi connectivity index (χ2v) is 4.68. The molecule has 0 aliphatic heterocycles. The van der Waals surface area contributed by atoms with Crippen LogP contribution in [0.3, 0.4) is 0 Å². The van der Waals surface area contributed by atoms with E-state index in [1.807, 2.05) is 13.8 Å². The van der Waals surface area contributed by atoms with Gasteiger partial charge in [-0.2, -0.15) is 0 Å². The van der Waals surface area contributed by atoms with Gasteiger partial charge >= 0.3 is 0 Å². The van der Waals surface area contributed by atoms with Gasteiger partial charge in [0, 0.05) is 24.9 Å². The first-order valence-electron chi connectivity index (χ1n) is 6.12. The second kappa shape index (κ2) is 6.49. The summed E-state index contributed by atoms with van der Waals surface area (Å²) in [6.45, 7) is 4.40. The van der Waals surface area contributed by atoms with Crippen LogP contribution in [0.1, 0.15) is 32.4 Å². The average Bonchev–Trinajstić information content (AvgIpc) is 2.84. The quantitative estimate of drug-likeness (QED) is 0.648. The molecule has 0 aliphatic carbocycles. The Morgan fingerprint density at radius 1 is 1.56 bits per heavy atom. The minimum absolute atomic E-state index is 0.0838. The third-order valence-corrected chi connectivity index (χ3v) is 3.74. The summed E-state index contributed by atoms with van der Waals surface area (Å²) in [4.78, 5) is 19.4. The highest BCUT2D eigenvalue weighted by Crippen LogP contribution is 2.27. The van der Waals surface area contributed by atoms with Crippen molar-refractivity contribution in [1.29, 1.82) is 0 Å². The molecule has 0 spiro atoms. The summed E-state index contributed by atoms with van der Waals surface area (Å²) in [5.41, 5.74) is 5.99. The van der Waals surface area contributed by atoms with Gasteiger partial charge in [-0.25, -0.2) is 4.98 Å². The molecule has 0 unspecified atom stereocenters. The van der Waals surface area contributed by atoms with Crippen LogP contribution in [-0.4, -0.2) is 27.4 Å². The van der Waals surface area contributed by atoms with Gasteiger partial charge < -0.3 is 16.0 Å². The molecule has 1 amide bonds. The summed E-state index contributed by atoms with van der Waals surface area (Å²) < 4.78 is 0. The molecule has 1 aromatic rings. The van der Waals surface area contributed by atoms with Gasteiger partial charge in [0.05, 0.1) is 16.7 Å². The normalized spacial score (nSPS) is 11.2. The average molecular weight is 268 g/mol. The highest BCUT2D eigenvalue weighted by atomic mass is 32.1. The number of amides is 1. The molecule has 1 aromatic heterocycles. The zero-order chi connectivity index (χ0) is 13.6. The fourth-order valence-corrected chi connectivity index (χ4v) is 2.31. The molecule has 18 heavy (non-hydrogen) atoms. The Hall–Kier alpha value is -1.43. The Morgan fingerprint density at radius 2 is 2.22 bits per heavy atom. The number of aromatic amines is 1. The Bertz CT molecular complexity index is 398. The number of rotatable bonds is 7. The summed E-state index contributed by atoms with van der Waals surface area (Å²) in [6, 6.07) is 0. The minimum atomic E-state index is -0.719. The van der Waals surface area contributed by atoms with Crippen molar-refractivity contribution in [3.63, 3.8) is 0 Å². The monoisotopic (exact) mass is 268 g/mol. The predicted octanol–water partition coefficient (Wildman–Crippen LogP) is 1.16. The topological polar surface area (TPSA) is 83.8 Å². The Kier molecular flexibility index (Phi) is 5.27. The first-order valence-corrected chi connectivity index (χ1v) is 6.53. The van der Waals surface area contributed by atoms with E-state index in [-0.39, 0.29) is 10.9 Å². The van der Waals surface area contributed by atoms with Crippen LogP contribution in [0.2, 0.25) is 0 Å². The third-order valence-electron chi connectivity index (χ3n) is 3.35. The molecule has 4 N–H and O–H groups in total. The van der Waals surface area contributed by atoms with E-state index in [0.717, 1.165) is 5.69 Å². The van der Waals surface area contributed by atoms with Crippen molar-refractivity contribution in [2.75, 3.05) is 6.54 Å². The zero-order valence-electron chi connectivity index (χ0n) is 10.8. The molecule has 0 radical (unpaired) electrons. The SMILES string of the molecule is CCC(CC)(C(=O)NCCc1cnc[nH]1)C(N)=S. The number of nitrogens with two attached hydrogens (primary N) is 1. The minimum Gasteiger partial charge on any atom is -0.392 e. The second-order valence-electron chi connectivity index (χ2n) is 4.24. The number of aromatic nitrogens is 2. The fourth-order valence-electron chi connectivity index (χ4n) is 1.93. The molecule has 0 bridgehead atoms. The standard InChI is InChI=1S/C12H20N4OS/c1-3-12(4-2,10(13)18)11(17)15-6-5-9-7-14-8-16-9/h7-8H,3-6H2,1-2H3,(H2,13,18)(H,14,16)(H,15,17). The van der Waals surface area contributed by atoms with Gasteiger partial charge in [0.15, 0.2) is 0 Å². The number of hydrogen-bond donors (Lipinski definition) is 3. The maximum absolute atomic E-state index is 12.2. The maximum atomic E-state index is 12.2. The van der Waals surface area contributed by atoms with Crippen molar-refractivity contribution in [3.8, 4) is 0 Å². The smallest absolute Gasteiger partial charge is 0.233 e. The van der Waals surface area contributed by atoms with Gasteiger partial charge in [-0.05, 0) is 12.8 Å². The van der Waals surface area contributed by atoms with Crippen LogP contribution in [0.5, 0.6) is 0 Å². The number of thiocarbonyl (C=S) groups is 1. The lowest BCUT2D eigenvalue weighted by atomic mass is 9.81. The summed E-state index contributed by atoms with van der Waals surface area (Å²) in [7, 11) is 0. The Morgan fingerprint density at radius 3 is 2.67 bits per heavy atom. The largest absolute Gasteiger partial charge is 0.392 e. The van der Waals surface area contributed by atoms with Gasteiger partial charge in [-0.3, -0.25) is 4.79 Å². The van der Waals surface area contributed by atoms with Gasteiger partial charge in [-0.15, -0.1) is 0 Å². The van der Waals surface area contributed by atoms with E-state index in [2.05, 4.69) is 15.3 Å². The summed E-state index contributed by atoms with van der Waals surface area (Å²) in [6.07, 6.45) is 5.32. The van der Waals surface area contributed by atoms with Crippen molar-refractivity contribution in [1.82, 2.24) is 15.3 Å². The molecule has 1 heterocycles.